The van der Waals surface area contributed by atoms with Crippen molar-refractivity contribution < 1.29 is 9.53 Å². The molecule has 0 saturated carbocycles. The fourth-order valence-corrected chi connectivity index (χ4v) is 2.17. The number of pyridine rings is 1. The number of rotatable bonds is 2. The van der Waals surface area contributed by atoms with Crippen molar-refractivity contribution in [3.63, 3.8) is 0 Å². The first kappa shape index (κ1) is 15.5. The van der Waals surface area contributed by atoms with E-state index in [9.17, 15) is 4.79 Å². The minimum Gasteiger partial charge on any atom is -0.444 e. The Labute approximate surface area is 125 Å². The third-order valence-corrected chi connectivity index (χ3v) is 3.25. The molecule has 1 aromatic heterocycles. The number of nitrogens with zero attached hydrogens (tertiary/aromatic N) is 2. The van der Waals surface area contributed by atoms with Crippen LogP contribution in [0.15, 0.2) is 24.4 Å². The second kappa shape index (κ2) is 6.26. The fourth-order valence-electron chi connectivity index (χ4n) is 2.17. The lowest BCUT2D eigenvalue weighted by Gasteiger charge is -2.29. The molecule has 0 unspecified atom stereocenters. The molecule has 0 aliphatic carbocycles. The second-order valence-corrected chi connectivity index (χ2v) is 6.16. The van der Waals surface area contributed by atoms with Gasteiger partial charge in [0.2, 0.25) is 0 Å². The lowest BCUT2D eigenvalue weighted by Crippen LogP contribution is -2.39. The Morgan fingerprint density at radius 3 is 2.81 bits per heavy atom. The minimum atomic E-state index is -0.460. The summed E-state index contributed by atoms with van der Waals surface area (Å²) < 4.78 is 5.38. The Kier molecular flexibility index (Phi) is 4.63. The van der Waals surface area contributed by atoms with E-state index in [0.717, 1.165) is 23.3 Å². The van der Waals surface area contributed by atoms with Crippen LogP contribution in [-0.4, -0.2) is 34.7 Å². The number of carbonyl (C=O) groups excluding carboxylic acids is 1. The van der Waals surface area contributed by atoms with Crippen LogP contribution >= 0.6 is 0 Å². The van der Waals surface area contributed by atoms with Gasteiger partial charge in [-0.05, 0) is 50.5 Å². The zero-order chi connectivity index (χ0) is 15.5. The van der Waals surface area contributed by atoms with Crippen LogP contribution in [0, 0.1) is 0 Å². The van der Waals surface area contributed by atoms with Gasteiger partial charge in [-0.25, -0.2) is 4.79 Å². The molecular formula is C16H23N3O2. The van der Waals surface area contributed by atoms with E-state index in [1.807, 2.05) is 39.0 Å². The molecule has 114 valence electrons. The molecule has 0 fully saturated rings. The van der Waals surface area contributed by atoms with Crippen molar-refractivity contribution in [1.82, 2.24) is 9.88 Å². The van der Waals surface area contributed by atoms with Crippen molar-refractivity contribution in [3.05, 3.63) is 35.7 Å². The van der Waals surface area contributed by atoms with E-state index in [0.29, 0.717) is 19.6 Å². The lowest BCUT2D eigenvalue weighted by molar-refractivity contribution is 0.0270. The molecule has 1 aliphatic rings. The van der Waals surface area contributed by atoms with E-state index >= 15 is 0 Å². The van der Waals surface area contributed by atoms with Crippen molar-refractivity contribution in [1.29, 1.82) is 0 Å². The van der Waals surface area contributed by atoms with Crippen LogP contribution in [-0.2, 0) is 11.3 Å². The average Bonchev–Trinajstić information content (AvgIpc) is 2.46. The summed E-state index contributed by atoms with van der Waals surface area (Å²) in [4.78, 5) is 18.1. The minimum absolute atomic E-state index is 0.263. The Balaban J connectivity index is 2.03. The van der Waals surface area contributed by atoms with Gasteiger partial charge in [-0.15, -0.1) is 0 Å². The number of carbonyl (C=O) groups is 1. The van der Waals surface area contributed by atoms with Crippen molar-refractivity contribution in [2.75, 3.05) is 13.1 Å². The third kappa shape index (κ3) is 4.29. The SMILES string of the molecule is CC(C)(C)OC(=O)N1CC=C(c2cc(CN)ccn2)CC1. The maximum absolute atomic E-state index is 12.0. The number of hydrogen-bond acceptors (Lipinski definition) is 4. The molecule has 2 heterocycles. The number of hydrogen-bond donors (Lipinski definition) is 1. The highest BCUT2D eigenvalue weighted by Crippen LogP contribution is 2.22. The maximum atomic E-state index is 12.0. The van der Waals surface area contributed by atoms with Gasteiger partial charge in [0.05, 0.1) is 5.69 Å². The van der Waals surface area contributed by atoms with Gasteiger partial charge in [0, 0.05) is 25.8 Å². The maximum Gasteiger partial charge on any atom is 0.410 e. The van der Waals surface area contributed by atoms with E-state index in [1.54, 1.807) is 11.1 Å². The largest absolute Gasteiger partial charge is 0.444 e. The molecular weight excluding hydrogens is 266 g/mol. The monoisotopic (exact) mass is 289 g/mol. The first-order valence-corrected chi connectivity index (χ1v) is 7.21. The molecule has 5 nitrogen and oxygen atoms in total. The lowest BCUT2D eigenvalue weighted by atomic mass is 10.0. The van der Waals surface area contributed by atoms with Crippen molar-refractivity contribution in [3.8, 4) is 0 Å². The molecule has 21 heavy (non-hydrogen) atoms. The Bertz CT molecular complexity index is 547. The van der Waals surface area contributed by atoms with Gasteiger partial charge in [-0.2, -0.15) is 0 Å². The normalized spacial score (nSPS) is 15.6. The molecule has 0 saturated heterocycles. The van der Waals surface area contributed by atoms with Crippen molar-refractivity contribution >= 4 is 11.7 Å². The quantitative estimate of drug-likeness (QED) is 0.908. The standard InChI is InChI=1S/C16H23N3O2/c1-16(2,3)21-15(20)19-8-5-13(6-9-19)14-10-12(11-17)4-7-18-14/h4-5,7,10H,6,8-9,11,17H2,1-3H3. The summed E-state index contributed by atoms with van der Waals surface area (Å²) in [6.45, 7) is 7.33. The van der Waals surface area contributed by atoms with Gasteiger partial charge in [0.15, 0.2) is 0 Å². The fraction of sp³-hybridized carbons (Fsp3) is 0.500. The van der Waals surface area contributed by atoms with Crippen LogP contribution in [0.25, 0.3) is 5.57 Å². The van der Waals surface area contributed by atoms with Gasteiger partial charge in [-0.3, -0.25) is 4.98 Å². The summed E-state index contributed by atoms with van der Waals surface area (Å²) >= 11 is 0. The molecule has 0 bridgehead atoms. The van der Waals surface area contributed by atoms with Crippen LogP contribution in [0.5, 0.6) is 0 Å². The van der Waals surface area contributed by atoms with Crippen molar-refractivity contribution in [2.24, 2.45) is 5.73 Å². The Morgan fingerprint density at radius 2 is 2.24 bits per heavy atom. The molecule has 1 aromatic rings. The molecule has 5 heteroatoms. The molecule has 0 radical (unpaired) electrons. The van der Waals surface area contributed by atoms with E-state index in [1.165, 1.54) is 0 Å². The molecule has 2 N–H and O–H groups in total. The molecule has 0 atom stereocenters. The highest BCUT2D eigenvalue weighted by molar-refractivity contribution is 5.72. The van der Waals surface area contributed by atoms with Gasteiger partial charge >= 0.3 is 6.09 Å². The molecule has 2 rings (SSSR count). The van der Waals surface area contributed by atoms with Gasteiger partial charge in [0.1, 0.15) is 5.60 Å². The van der Waals surface area contributed by atoms with Crippen LogP contribution in [0.2, 0.25) is 0 Å². The van der Waals surface area contributed by atoms with E-state index in [-0.39, 0.29) is 6.09 Å². The highest BCUT2D eigenvalue weighted by atomic mass is 16.6. The topological polar surface area (TPSA) is 68.5 Å². The summed E-state index contributed by atoms with van der Waals surface area (Å²) in [5.41, 5.74) is 8.36. The van der Waals surface area contributed by atoms with Gasteiger partial charge < -0.3 is 15.4 Å². The van der Waals surface area contributed by atoms with Crippen LogP contribution in [0.4, 0.5) is 4.79 Å². The Hall–Kier alpha value is -1.88. The van der Waals surface area contributed by atoms with Crippen LogP contribution < -0.4 is 5.73 Å². The highest BCUT2D eigenvalue weighted by Gasteiger charge is 2.24. The molecule has 1 amide bonds. The second-order valence-electron chi connectivity index (χ2n) is 6.16. The van der Waals surface area contributed by atoms with E-state index < -0.39 is 5.60 Å². The number of ether oxygens (including phenoxy) is 1. The van der Waals surface area contributed by atoms with Crippen molar-refractivity contribution in [2.45, 2.75) is 39.3 Å². The first-order chi connectivity index (χ1) is 9.89. The van der Waals surface area contributed by atoms with Gasteiger partial charge in [-0.1, -0.05) is 6.08 Å². The predicted molar refractivity (Wildman–Crippen MR) is 82.5 cm³/mol. The summed E-state index contributed by atoms with van der Waals surface area (Å²) in [6.07, 6.45) is 4.33. The summed E-state index contributed by atoms with van der Waals surface area (Å²) in [7, 11) is 0. The van der Waals surface area contributed by atoms with E-state index in [2.05, 4.69) is 4.98 Å². The van der Waals surface area contributed by atoms with E-state index in [4.69, 9.17) is 10.5 Å². The van der Waals surface area contributed by atoms with Crippen LogP contribution in [0.1, 0.15) is 38.4 Å². The van der Waals surface area contributed by atoms with Crippen LogP contribution in [0.3, 0.4) is 0 Å². The summed E-state index contributed by atoms with van der Waals surface area (Å²) in [6, 6.07) is 3.93. The third-order valence-electron chi connectivity index (χ3n) is 3.25. The first-order valence-electron chi connectivity index (χ1n) is 7.21. The number of aromatic nitrogens is 1. The molecule has 0 aromatic carbocycles. The number of nitrogens with two attached hydrogens (primary N) is 1. The smallest absolute Gasteiger partial charge is 0.410 e. The summed E-state index contributed by atoms with van der Waals surface area (Å²) in [5.74, 6) is 0. The number of amides is 1. The Morgan fingerprint density at radius 1 is 1.48 bits per heavy atom. The zero-order valence-electron chi connectivity index (χ0n) is 12.9. The predicted octanol–water partition coefficient (Wildman–Crippen LogP) is 2.56. The molecule has 0 spiro atoms. The van der Waals surface area contributed by atoms with Gasteiger partial charge in [0.25, 0.3) is 0 Å². The molecule has 1 aliphatic heterocycles. The summed E-state index contributed by atoms with van der Waals surface area (Å²) in [5, 5.41) is 0. The average molecular weight is 289 g/mol. The zero-order valence-corrected chi connectivity index (χ0v) is 12.9.